The number of carboxylic acid groups (broad SMARTS) is 1. The molecule has 0 radical (unpaired) electrons. The molecule has 0 heterocycles. The van der Waals surface area contributed by atoms with Crippen molar-refractivity contribution in [1.82, 2.24) is 0 Å². The zero-order chi connectivity index (χ0) is 12.3. The second-order valence-electron chi connectivity index (χ2n) is 3.48. The van der Waals surface area contributed by atoms with Crippen molar-refractivity contribution in [3.63, 3.8) is 0 Å². The Morgan fingerprint density at radius 3 is 2.75 bits per heavy atom. The standard InChI is InChI=1S/C11H14FNO3/c1-3-6(2)16-8-5-4-7(12)10(13)9(8)11(14)15/h4-6H,3,13H2,1-2H3,(H,14,15). The average Bonchev–Trinajstić information content (AvgIpc) is 2.23. The molecule has 4 nitrogen and oxygen atoms in total. The van der Waals surface area contributed by atoms with Crippen molar-refractivity contribution in [2.45, 2.75) is 26.4 Å². The molecule has 0 bridgehead atoms. The van der Waals surface area contributed by atoms with Crippen LogP contribution >= 0.6 is 0 Å². The largest absolute Gasteiger partial charge is 0.490 e. The number of nitrogen functional groups attached to an aromatic ring is 1. The molecule has 0 aliphatic carbocycles. The third-order valence-corrected chi connectivity index (χ3v) is 2.27. The summed E-state index contributed by atoms with van der Waals surface area (Å²) in [7, 11) is 0. The molecule has 0 fully saturated rings. The first-order valence-corrected chi connectivity index (χ1v) is 4.95. The van der Waals surface area contributed by atoms with Gasteiger partial charge < -0.3 is 15.6 Å². The van der Waals surface area contributed by atoms with E-state index in [0.717, 1.165) is 12.5 Å². The number of hydrogen-bond acceptors (Lipinski definition) is 3. The Morgan fingerprint density at radius 2 is 2.25 bits per heavy atom. The topological polar surface area (TPSA) is 72.5 Å². The summed E-state index contributed by atoms with van der Waals surface area (Å²) in [6.07, 6.45) is 0.569. The number of benzene rings is 1. The van der Waals surface area contributed by atoms with Crippen LogP contribution < -0.4 is 10.5 Å². The zero-order valence-corrected chi connectivity index (χ0v) is 9.16. The van der Waals surface area contributed by atoms with E-state index in [-0.39, 0.29) is 17.4 Å². The van der Waals surface area contributed by atoms with E-state index in [0.29, 0.717) is 0 Å². The first-order chi connectivity index (χ1) is 7.47. The van der Waals surface area contributed by atoms with Gasteiger partial charge in [-0.3, -0.25) is 0 Å². The molecule has 1 atom stereocenters. The molecule has 0 aliphatic rings. The minimum Gasteiger partial charge on any atom is -0.490 e. The predicted octanol–water partition coefficient (Wildman–Crippen LogP) is 2.28. The first-order valence-electron chi connectivity index (χ1n) is 4.95. The number of anilines is 1. The summed E-state index contributed by atoms with van der Waals surface area (Å²) < 4.78 is 18.5. The van der Waals surface area contributed by atoms with Crippen molar-refractivity contribution >= 4 is 11.7 Å². The summed E-state index contributed by atoms with van der Waals surface area (Å²) in [6.45, 7) is 3.70. The van der Waals surface area contributed by atoms with E-state index in [1.54, 1.807) is 6.92 Å². The quantitative estimate of drug-likeness (QED) is 0.774. The predicted molar refractivity (Wildman–Crippen MR) is 58.2 cm³/mol. The highest BCUT2D eigenvalue weighted by atomic mass is 19.1. The second-order valence-corrected chi connectivity index (χ2v) is 3.48. The number of hydrogen-bond donors (Lipinski definition) is 2. The van der Waals surface area contributed by atoms with Crippen LogP contribution in [0.15, 0.2) is 12.1 Å². The van der Waals surface area contributed by atoms with E-state index in [1.165, 1.54) is 6.07 Å². The smallest absolute Gasteiger partial charge is 0.341 e. The molecule has 1 rings (SSSR count). The van der Waals surface area contributed by atoms with Crippen LogP contribution in [0.1, 0.15) is 30.6 Å². The molecule has 1 aromatic rings. The van der Waals surface area contributed by atoms with Crippen LogP contribution in [0.2, 0.25) is 0 Å². The van der Waals surface area contributed by atoms with E-state index in [1.807, 2.05) is 6.92 Å². The zero-order valence-electron chi connectivity index (χ0n) is 9.16. The fourth-order valence-corrected chi connectivity index (χ4v) is 1.19. The third-order valence-electron chi connectivity index (χ3n) is 2.27. The maximum Gasteiger partial charge on any atom is 0.341 e. The molecule has 0 aromatic heterocycles. The minimum atomic E-state index is -1.30. The van der Waals surface area contributed by atoms with E-state index in [4.69, 9.17) is 15.6 Å². The molecule has 0 amide bonds. The number of carboxylic acids is 1. The van der Waals surface area contributed by atoms with Crippen molar-refractivity contribution in [2.24, 2.45) is 0 Å². The van der Waals surface area contributed by atoms with Crippen LogP contribution in [0.25, 0.3) is 0 Å². The highest BCUT2D eigenvalue weighted by Gasteiger charge is 2.19. The van der Waals surface area contributed by atoms with Gasteiger partial charge in [-0.1, -0.05) is 6.92 Å². The maximum absolute atomic E-state index is 13.1. The van der Waals surface area contributed by atoms with Crippen LogP contribution in [0.5, 0.6) is 5.75 Å². The Labute approximate surface area is 92.8 Å². The summed E-state index contributed by atoms with van der Waals surface area (Å²) in [5.41, 5.74) is 4.65. The van der Waals surface area contributed by atoms with E-state index >= 15 is 0 Å². The average molecular weight is 227 g/mol. The summed E-state index contributed by atoms with van der Waals surface area (Å²) in [4.78, 5) is 10.9. The number of aromatic carboxylic acids is 1. The Kier molecular flexibility index (Phi) is 3.71. The van der Waals surface area contributed by atoms with Gasteiger partial charge in [-0.15, -0.1) is 0 Å². The lowest BCUT2D eigenvalue weighted by Gasteiger charge is -2.15. The molecular weight excluding hydrogens is 213 g/mol. The lowest BCUT2D eigenvalue weighted by Crippen LogP contribution is -2.14. The summed E-state index contributed by atoms with van der Waals surface area (Å²) in [5, 5.41) is 8.93. The fourth-order valence-electron chi connectivity index (χ4n) is 1.19. The van der Waals surface area contributed by atoms with Gasteiger partial charge >= 0.3 is 5.97 Å². The number of rotatable bonds is 4. The van der Waals surface area contributed by atoms with Gasteiger partial charge in [0.15, 0.2) is 0 Å². The molecule has 0 saturated heterocycles. The van der Waals surface area contributed by atoms with Gasteiger partial charge in [0, 0.05) is 0 Å². The highest BCUT2D eigenvalue weighted by molar-refractivity contribution is 5.96. The molecule has 16 heavy (non-hydrogen) atoms. The Bertz CT molecular complexity index is 406. The van der Waals surface area contributed by atoms with Gasteiger partial charge in [0.25, 0.3) is 0 Å². The van der Waals surface area contributed by atoms with Gasteiger partial charge in [0.05, 0.1) is 11.8 Å². The third kappa shape index (κ3) is 2.42. The van der Waals surface area contributed by atoms with Crippen molar-refractivity contribution in [2.75, 3.05) is 5.73 Å². The summed E-state index contributed by atoms with van der Waals surface area (Å²) in [6, 6.07) is 2.38. The number of ether oxygens (including phenoxy) is 1. The number of nitrogens with two attached hydrogens (primary N) is 1. The molecule has 0 spiro atoms. The van der Waals surface area contributed by atoms with Crippen molar-refractivity contribution < 1.29 is 19.0 Å². The Morgan fingerprint density at radius 1 is 1.62 bits per heavy atom. The van der Waals surface area contributed by atoms with E-state index in [2.05, 4.69) is 0 Å². The minimum absolute atomic E-state index is 0.0979. The molecule has 1 unspecified atom stereocenters. The molecule has 5 heteroatoms. The van der Waals surface area contributed by atoms with Crippen molar-refractivity contribution in [3.8, 4) is 5.75 Å². The Balaban J connectivity index is 3.18. The molecule has 0 aliphatic heterocycles. The van der Waals surface area contributed by atoms with Gasteiger partial charge in [0.2, 0.25) is 0 Å². The molecule has 3 N–H and O–H groups in total. The van der Waals surface area contributed by atoms with Crippen LogP contribution in [-0.4, -0.2) is 17.2 Å². The molecule has 1 aromatic carbocycles. The lowest BCUT2D eigenvalue weighted by molar-refractivity contribution is 0.0690. The highest BCUT2D eigenvalue weighted by Crippen LogP contribution is 2.28. The fraction of sp³-hybridized carbons (Fsp3) is 0.364. The van der Waals surface area contributed by atoms with Crippen LogP contribution in [0.3, 0.4) is 0 Å². The van der Waals surface area contributed by atoms with Gasteiger partial charge in [-0.05, 0) is 25.5 Å². The number of halogens is 1. The molecule has 88 valence electrons. The SMILES string of the molecule is CCC(C)Oc1ccc(F)c(N)c1C(=O)O. The maximum atomic E-state index is 13.1. The molecular formula is C11H14FNO3. The Hall–Kier alpha value is -1.78. The molecule has 0 saturated carbocycles. The summed E-state index contributed by atoms with van der Waals surface area (Å²) >= 11 is 0. The normalized spacial score (nSPS) is 12.2. The van der Waals surface area contributed by atoms with Gasteiger partial charge in [0.1, 0.15) is 17.1 Å². The van der Waals surface area contributed by atoms with Gasteiger partial charge in [-0.2, -0.15) is 0 Å². The first kappa shape index (κ1) is 12.3. The van der Waals surface area contributed by atoms with Crippen LogP contribution in [-0.2, 0) is 0 Å². The van der Waals surface area contributed by atoms with Gasteiger partial charge in [-0.25, -0.2) is 9.18 Å². The van der Waals surface area contributed by atoms with E-state index in [9.17, 15) is 9.18 Å². The second kappa shape index (κ2) is 4.83. The van der Waals surface area contributed by atoms with E-state index < -0.39 is 17.5 Å². The number of carbonyl (C=O) groups is 1. The lowest BCUT2D eigenvalue weighted by atomic mass is 10.1. The monoisotopic (exact) mass is 227 g/mol. The van der Waals surface area contributed by atoms with Crippen molar-refractivity contribution in [1.29, 1.82) is 0 Å². The van der Waals surface area contributed by atoms with Crippen LogP contribution in [0, 0.1) is 5.82 Å². The summed E-state index contributed by atoms with van der Waals surface area (Å²) in [5.74, 6) is -1.95. The van der Waals surface area contributed by atoms with Crippen LogP contribution in [0.4, 0.5) is 10.1 Å². The van der Waals surface area contributed by atoms with Crippen molar-refractivity contribution in [3.05, 3.63) is 23.5 Å².